The van der Waals surface area contributed by atoms with E-state index in [4.69, 9.17) is 5.73 Å². The summed E-state index contributed by atoms with van der Waals surface area (Å²) < 4.78 is 0. The van der Waals surface area contributed by atoms with Crippen molar-refractivity contribution in [2.45, 2.75) is 13.0 Å². The van der Waals surface area contributed by atoms with E-state index in [-0.39, 0.29) is 24.0 Å². The van der Waals surface area contributed by atoms with E-state index >= 15 is 0 Å². The lowest BCUT2D eigenvalue weighted by molar-refractivity contribution is 0.130. The molecule has 2 heterocycles. The molecule has 1 aromatic carbocycles. The van der Waals surface area contributed by atoms with Crippen molar-refractivity contribution in [1.29, 1.82) is 0 Å². The highest BCUT2D eigenvalue weighted by Crippen LogP contribution is 2.09. The van der Waals surface area contributed by atoms with Crippen molar-refractivity contribution in [2.75, 3.05) is 45.8 Å². The Balaban J connectivity index is 0.00000261. The molecule has 1 aromatic heterocycles. The zero-order valence-corrected chi connectivity index (χ0v) is 18.9. The van der Waals surface area contributed by atoms with E-state index in [2.05, 4.69) is 68.0 Å². The molecule has 0 amide bonds. The second-order valence-corrected chi connectivity index (χ2v) is 7.66. The van der Waals surface area contributed by atoms with E-state index in [1.165, 1.54) is 10.4 Å². The first kappa shape index (κ1) is 22.1. The lowest BCUT2D eigenvalue weighted by atomic mass is 10.2. The quantitative estimate of drug-likeness (QED) is 0.333. The summed E-state index contributed by atoms with van der Waals surface area (Å²) >= 11 is 1.78. The molecule has 1 aliphatic heterocycles. The van der Waals surface area contributed by atoms with Crippen LogP contribution in [-0.4, -0.2) is 61.6 Å². The van der Waals surface area contributed by atoms with Gasteiger partial charge in [0.25, 0.3) is 0 Å². The number of hydrogen-bond acceptors (Lipinski definition) is 4. The molecule has 2 aromatic rings. The first-order valence-corrected chi connectivity index (χ1v) is 10.2. The smallest absolute Gasteiger partial charge is 0.188 e. The topological polar surface area (TPSA) is 56.9 Å². The fourth-order valence-electron chi connectivity index (χ4n) is 3.15. The summed E-state index contributed by atoms with van der Waals surface area (Å²) in [6.07, 6.45) is 0.997. The number of halogens is 1. The van der Waals surface area contributed by atoms with Gasteiger partial charge in [0.05, 0.1) is 6.54 Å². The molecular weight excluding hydrogens is 469 g/mol. The van der Waals surface area contributed by atoms with Gasteiger partial charge >= 0.3 is 0 Å². The number of benzene rings is 1. The summed E-state index contributed by atoms with van der Waals surface area (Å²) in [5, 5.41) is 5.30. The number of guanidine groups is 1. The summed E-state index contributed by atoms with van der Waals surface area (Å²) in [6.45, 7) is 8.08. The minimum Gasteiger partial charge on any atom is -0.370 e. The molecule has 0 aliphatic carbocycles. The van der Waals surface area contributed by atoms with Crippen LogP contribution in [-0.2, 0) is 13.0 Å². The molecule has 7 heteroatoms. The van der Waals surface area contributed by atoms with Crippen molar-refractivity contribution in [3.8, 4) is 0 Å². The minimum atomic E-state index is 0. The molecule has 3 rings (SSSR count). The van der Waals surface area contributed by atoms with Crippen LogP contribution < -0.4 is 11.1 Å². The van der Waals surface area contributed by atoms with E-state index in [9.17, 15) is 0 Å². The van der Waals surface area contributed by atoms with E-state index in [1.54, 1.807) is 11.3 Å². The normalized spacial score (nSPS) is 16.1. The second kappa shape index (κ2) is 12.3. The molecule has 0 saturated carbocycles. The summed E-state index contributed by atoms with van der Waals surface area (Å²) in [7, 11) is 0. The van der Waals surface area contributed by atoms with Crippen LogP contribution in [0.4, 0.5) is 0 Å². The Hall–Kier alpha value is -1.16. The molecular formula is C20H30IN5S. The number of aliphatic imine (C=N–C) groups is 1. The average molecular weight is 499 g/mol. The lowest BCUT2D eigenvalue weighted by Crippen LogP contribution is -2.46. The number of thiophene rings is 1. The van der Waals surface area contributed by atoms with E-state index < -0.39 is 0 Å². The molecule has 0 atom stereocenters. The van der Waals surface area contributed by atoms with Crippen LogP contribution in [0, 0.1) is 0 Å². The van der Waals surface area contributed by atoms with Crippen molar-refractivity contribution < 1.29 is 0 Å². The third-order valence-electron chi connectivity index (χ3n) is 4.67. The Kier molecular flexibility index (Phi) is 10.1. The van der Waals surface area contributed by atoms with Crippen molar-refractivity contribution in [1.82, 2.24) is 15.1 Å². The molecule has 3 N–H and O–H groups in total. The maximum Gasteiger partial charge on any atom is 0.188 e. The Morgan fingerprint density at radius 2 is 1.78 bits per heavy atom. The van der Waals surface area contributed by atoms with Crippen molar-refractivity contribution in [3.05, 3.63) is 58.3 Å². The molecule has 0 radical (unpaired) electrons. The molecule has 5 nitrogen and oxygen atoms in total. The van der Waals surface area contributed by atoms with Gasteiger partial charge in [0.15, 0.2) is 5.96 Å². The van der Waals surface area contributed by atoms with Crippen LogP contribution in [0.2, 0.25) is 0 Å². The lowest BCUT2D eigenvalue weighted by Gasteiger charge is -2.34. The number of nitrogens with one attached hydrogen (secondary N) is 1. The van der Waals surface area contributed by atoms with Gasteiger partial charge in [-0.1, -0.05) is 36.4 Å². The van der Waals surface area contributed by atoms with Gasteiger partial charge in [-0.2, -0.15) is 0 Å². The SMILES string of the molecule is I.NC(=NCCN1CCN(Cc2ccccc2)CC1)NCCc1cccs1. The Bertz CT molecular complexity index is 654. The van der Waals surface area contributed by atoms with Gasteiger partial charge in [-0.3, -0.25) is 14.8 Å². The standard InChI is InChI=1S/C20H29N5S.HI/c21-20(22-9-8-19-7-4-16-26-19)23-10-11-24-12-14-25(15-13-24)17-18-5-2-1-3-6-18;/h1-7,16H,8-15,17H2,(H3,21,22,23);1H. The van der Waals surface area contributed by atoms with Gasteiger partial charge in [-0.25, -0.2) is 0 Å². The molecule has 27 heavy (non-hydrogen) atoms. The van der Waals surface area contributed by atoms with Gasteiger partial charge in [-0.05, 0) is 23.4 Å². The van der Waals surface area contributed by atoms with Gasteiger partial charge in [0, 0.05) is 50.7 Å². The third-order valence-corrected chi connectivity index (χ3v) is 5.61. The molecule has 1 saturated heterocycles. The number of piperazine rings is 1. The molecule has 148 valence electrons. The highest BCUT2D eigenvalue weighted by molar-refractivity contribution is 14.0. The maximum absolute atomic E-state index is 5.95. The largest absolute Gasteiger partial charge is 0.370 e. The van der Waals surface area contributed by atoms with Crippen LogP contribution >= 0.6 is 35.3 Å². The second-order valence-electron chi connectivity index (χ2n) is 6.63. The van der Waals surface area contributed by atoms with Crippen LogP contribution in [0.15, 0.2) is 52.8 Å². The van der Waals surface area contributed by atoms with Crippen molar-refractivity contribution >= 4 is 41.3 Å². The fourth-order valence-corrected chi connectivity index (χ4v) is 3.86. The number of rotatable bonds is 8. The van der Waals surface area contributed by atoms with E-state index in [0.717, 1.165) is 58.8 Å². The summed E-state index contributed by atoms with van der Waals surface area (Å²) in [4.78, 5) is 10.8. The zero-order valence-electron chi connectivity index (χ0n) is 15.7. The highest BCUT2D eigenvalue weighted by Gasteiger charge is 2.16. The molecule has 0 unspecified atom stereocenters. The Labute approximate surface area is 183 Å². The van der Waals surface area contributed by atoms with Crippen LogP contribution in [0.1, 0.15) is 10.4 Å². The number of hydrogen-bond donors (Lipinski definition) is 2. The highest BCUT2D eigenvalue weighted by atomic mass is 127. The van der Waals surface area contributed by atoms with Crippen molar-refractivity contribution in [3.63, 3.8) is 0 Å². The first-order chi connectivity index (χ1) is 12.8. The van der Waals surface area contributed by atoms with Gasteiger partial charge in [0.2, 0.25) is 0 Å². The van der Waals surface area contributed by atoms with Gasteiger partial charge in [-0.15, -0.1) is 35.3 Å². The summed E-state index contributed by atoms with van der Waals surface area (Å²) in [5.74, 6) is 0.560. The Morgan fingerprint density at radius 1 is 1.04 bits per heavy atom. The first-order valence-electron chi connectivity index (χ1n) is 9.34. The molecule has 0 spiro atoms. The van der Waals surface area contributed by atoms with Crippen molar-refractivity contribution in [2.24, 2.45) is 10.7 Å². The van der Waals surface area contributed by atoms with E-state index in [0.29, 0.717) is 5.96 Å². The molecule has 1 fully saturated rings. The van der Waals surface area contributed by atoms with Gasteiger partial charge in [0.1, 0.15) is 0 Å². The predicted octanol–water partition coefficient (Wildman–Crippen LogP) is 2.63. The van der Waals surface area contributed by atoms with Crippen LogP contribution in [0.3, 0.4) is 0 Å². The Morgan fingerprint density at radius 3 is 2.48 bits per heavy atom. The number of nitrogens with zero attached hydrogens (tertiary/aromatic N) is 3. The molecule has 1 aliphatic rings. The zero-order chi connectivity index (χ0) is 18.0. The third kappa shape index (κ3) is 8.16. The summed E-state index contributed by atoms with van der Waals surface area (Å²) in [6, 6.07) is 14.9. The van der Waals surface area contributed by atoms with Crippen LogP contribution in [0.5, 0.6) is 0 Å². The van der Waals surface area contributed by atoms with Gasteiger partial charge < -0.3 is 11.1 Å². The fraction of sp³-hybridized carbons (Fsp3) is 0.450. The average Bonchev–Trinajstić information content (AvgIpc) is 3.18. The predicted molar refractivity (Wildman–Crippen MR) is 126 cm³/mol. The van der Waals surface area contributed by atoms with Crippen LogP contribution in [0.25, 0.3) is 0 Å². The molecule has 0 bridgehead atoms. The van der Waals surface area contributed by atoms with E-state index in [1.807, 2.05) is 0 Å². The monoisotopic (exact) mass is 499 g/mol. The summed E-state index contributed by atoms with van der Waals surface area (Å²) in [5.41, 5.74) is 7.35. The number of nitrogens with two attached hydrogens (primary N) is 1. The maximum atomic E-state index is 5.95. The minimum absolute atomic E-state index is 0.